The van der Waals surface area contributed by atoms with Crippen molar-refractivity contribution in [1.29, 1.82) is 0 Å². The van der Waals surface area contributed by atoms with Gasteiger partial charge in [-0.1, -0.05) is 116 Å². The molecule has 0 bridgehead atoms. The van der Waals surface area contributed by atoms with E-state index in [1.807, 2.05) is 0 Å². The Hall–Kier alpha value is -3.42. The van der Waals surface area contributed by atoms with Gasteiger partial charge in [-0.25, -0.2) is 0 Å². The summed E-state index contributed by atoms with van der Waals surface area (Å²) in [7, 11) is -2.04. The highest BCUT2D eigenvalue weighted by Gasteiger charge is 2.39. The maximum atomic E-state index is 2.54. The van der Waals surface area contributed by atoms with Crippen molar-refractivity contribution in [1.82, 2.24) is 0 Å². The molecule has 0 saturated heterocycles. The third-order valence-electron chi connectivity index (χ3n) is 6.78. The van der Waals surface area contributed by atoms with Gasteiger partial charge in [0.15, 0.2) is 0 Å². The second-order valence-corrected chi connectivity index (χ2v) is 13.2. The molecule has 0 saturated carbocycles. The van der Waals surface area contributed by atoms with E-state index < -0.39 is 8.07 Å². The van der Waals surface area contributed by atoms with Crippen LogP contribution in [-0.4, -0.2) is 8.07 Å². The largest absolute Gasteiger partial charge is 0.115 e. The summed E-state index contributed by atoms with van der Waals surface area (Å²) >= 11 is 0. The highest BCUT2D eigenvalue weighted by Crippen LogP contribution is 2.45. The SMILES string of the molecule is C[Si]1(C)C(c2ccccc2)=C(c2ccccc2)c2cccc3cc4ccccc4c1c23. The molecule has 0 nitrogen and oxygen atoms in total. The van der Waals surface area contributed by atoms with Gasteiger partial charge in [-0.15, -0.1) is 0 Å². The summed E-state index contributed by atoms with van der Waals surface area (Å²) in [4.78, 5) is 0. The molecular formula is C30H24Si. The van der Waals surface area contributed by atoms with Crippen molar-refractivity contribution < 1.29 is 0 Å². The van der Waals surface area contributed by atoms with Gasteiger partial charge in [0.1, 0.15) is 8.07 Å². The molecule has 148 valence electrons. The van der Waals surface area contributed by atoms with Crippen molar-refractivity contribution in [3.8, 4) is 0 Å². The molecule has 5 aromatic rings. The lowest BCUT2D eigenvalue weighted by atomic mass is 9.89. The van der Waals surface area contributed by atoms with Gasteiger partial charge in [0.25, 0.3) is 0 Å². The molecule has 1 aliphatic heterocycles. The van der Waals surface area contributed by atoms with Crippen LogP contribution in [0.1, 0.15) is 16.7 Å². The lowest BCUT2D eigenvalue weighted by Crippen LogP contribution is -2.46. The molecule has 6 rings (SSSR count). The summed E-state index contributed by atoms with van der Waals surface area (Å²) < 4.78 is 0. The van der Waals surface area contributed by atoms with E-state index in [4.69, 9.17) is 0 Å². The monoisotopic (exact) mass is 412 g/mol. The average Bonchev–Trinajstić information content (AvgIpc) is 2.81. The molecule has 0 amide bonds. The van der Waals surface area contributed by atoms with Crippen LogP contribution in [0.4, 0.5) is 0 Å². The van der Waals surface area contributed by atoms with Gasteiger partial charge in [0, 0.05) is 0 Å². The number of hydrogen-bond donors (Lipinski definition) is 0. The zero-order chi connectivity index (χ0) is 21.0. The third kappa shape index (κ3) is 2.67. The van der Waals surface area contributed by atoms with Crippen LogP contribution < -0.4 is 5.19 Å². The number of rotatable bonds is 2. The van der Waals surface area contributed by atoms with Gasteiger partial charge in [0.2, 0.25) is 0 Å². The van der Waals surface area contributed by atoms with Crippen LogP contribution in [0.5, 0.6) is 0 Å². The van der Waals surface area contributed by atoms with Crippen molar-refractivity contribution in [3.05, 3.63) is 126 Å². The highest BCUT2D eigenvalue weighted by atomic mass is 28.3. The molecule has 5 aromatic carbocycles. The predicted molar refractivity (Wildman–Crippen MR) is 137 cm³/mol. The molecule has 31 heavy (non-hydrogen) atoms. The van der Waals surface area contributed by atoms with Crippen LogP contribution in [0, 0.1) is 0 Å². The topological polar surface area (TPSA) is 0 Å². The maximum Gasteiger partial charge on any atom is 0.115 e. The lowest BCUT2D eigenvalue weighted by molar-refractivity contribution is 1.55. The molecule has 0 radical (unpaired) electrons. The number of fused-ring (bicyclic) bond motifs is 2. The van der Waals surface area contributed by atoms with Crippen molar-refractivity contribution >= 4 is 45.6 Å². The Morgan fingerprint density at radius 1 is 0.548 bits per heavy atom. The predicted octanol–water partition coefficient (Wildman–Crippen LogP) is 7.42. The molecule has 1 aliphatic rings. The minimum absolute atomic E-state index is 1.31. The third-order valence-corrected chi connectivity index (χ3v) is 10.3. The van der Waals surface area contributed by atoms with E-state index in [0.29, 0.717) is 0 Å². The Bertz CT molecular complexity index is 1480. The lowest BCUT2D eigenvalue weighted by Gasteiger charge is -2.37. The highest BCUT2D eigenvalue weighted by molar-refractivity contribution is 7.08. The van der Waals surface area contributed by atoms with E-state index in [2.05, 4.69) is 122 Å². The molecule has 1 heteroatoms. The first-order chi connectivity index (χ1) is 15.2. The normalized spacial score (nSPS) is 14.9. The minimum Gasteiger partial charge on any atom is -0.0622 e. The van der Waals surface area contributed by atoms with Gasteiger partial charge >= 0.3 is 0 Å². The molecule has 0 aliphatic carbocycles. The Morgan fingerprint density at radius 2 is 1.16 bits per heavy atom. The van der Waals surface area contributed by atoms with Crippen LogP contribution in [0.15, 0.2) is 109 Å². The van der Waals surface area contributed by atoms with Crippen molar-refractivity contribution in [3.63, 3.8) is 0 Å². The first-order valence-corrected chi connectivity index (χ1v) is 14.0. The molecular weight excluding hydrogens is 388 g/mol. The zero-order valence-corrected chi connectivity index (χ0v) is 18.9. The van der Waals surface area contributed by atoms with Gasteiger partial charge in [-0.2, -0.15) is 0 Å². The molecule has 0 unspecified atom stereocenters. The van der Waals surface area contributed by atoms with Crippen molar-refractivity contribution in [2.75, 3.05) is 0 Å². The molecule has 1 heterocycles. The summed E-state index contributed by atoms with van der Waals surface area (Å²) in [6.07, 6.45) is 0. The van der Waals surface area contributed by atoms with Gasteiger partial charge in [0.05, 0.1) is 0 Å². The van der Waals surface area contributed by atoms with E-state index in [1.165, 1.54) is 49.0 Å². The fourth-order valence-electron chi connectivity index (χ4n) is 5.57. The summed E-state index contributed by atoms with van der Waals surface area (Å²) in [6.45, 7) is 5.07. The van der Waals surface area contributed by atoms with Crippen molar-refractivity contribution in [2.24, 2.45) is 0 Å². The molecule has 0 atom stereocenters. The van der Waals surface area contributed by atoms with E-state index in [1.54, 1.807) is 5.19 Å². The van der Waals surface area contributed by atoms with Crippen molar-refractivity contribution in [2.45, 2.75) is 13.1 Å². The van der Waals surface area contributed by atoms with Crippen LogP contribution in [0.25, 0.3) is 32.3 Å². The van der Waals surface area contributed by atoms with E-state index in [-0.39, 0.29) is 0 Å². The van der Waals surface area contributed by atoms with E-state index >= 15 is 0 Å². The quantitative estimate of drug-likeness (QED) is 0.209. The van der Waals surface area contributed by atoms with Crippen LogP contribution in [-0.2, 0) is 0 Å². The minimum atomic E-state index is -2.04. The standard InChI is InChI=1S/C30H24Si/c1-31(2)29(22-14-7-4-8-15-22)27(21-12-5-3-6-13-21)26-19-11-17-24-20-23-16-9-10-18-25(23)30(31)28(24)26/h3-20H,1-2H3. The van der Waals surface area contributed by atoms with Gasteiger partial charge in [-0.05, 0) is 60.3 Å². The number of benzene rings is 5. The van der Waals surface area contributed by atoms with Crippen LogP contribution >= 0.6 is 0 Å². The molecule has 0 fully saturated rings. The smallest absolute Gasteiger partial charge is 0.0622 e. The van der Waals surface area contributed by atoms with E-state index in [9.17, 15) is 0 Å². The Morgan fingerprint density at radius 3 is 1.90 bits per heavy atom. The van der Waals surface area contributed by atoms with Crippen LogP contribution in [0.2, 0.25) is 13.1 Å². The summed E-state index contributed by atoms with van der Waals surface area (Å²) in [5, 5.41) is 8.69. The molecule has 0 N–H and O–H groups in total. The first kappa shape index (κ1) is 18.4. The first-order valence-electron chi connectivity index (χ1n) is 11.0. The molecule has 0 aromatic heterocycles. The average molecular weight is 413 g/mol. The van der Waals surface area contributed by atoms with Gasteiger partial charge < -0.3 is 0 Å². The fourth-order valence-corrected chi connectivity index (χ4v) is 9.41. The Labute approximate surface area is 184 Å². The van der Waals surface area contributed by atoms with Crippen LogP contribution in [0.3, 0.4) is 0 Å². The summed E-state index contributed by atoms with van der Waals surface area (Å²) in [5.74, 6) is 0. The summed E-state index contributed by atoms with van der Waals surface area (Å²) in [5.41, 5.74) is 5.45. The van der Waals surface area contributed by atoms with E-state index in [0.717, 1.165) is 0 Å². The summed E-state index contributed by atoms with van der Waals surface area (Å²) in [6, 6.07) is 40.2. The fraction of sp³-hybridized carbons (Fsp3) is 0.0667. The second kappa shape index (κ2) is 6.80. The second-order valence-electron chi connectivity index (χ2n) is 8.98. The maximum absolute atomic E-state index is 2.54. The van der Waals surface area contributed by atoms with Gasteiger partial charge in [-0.3, -0.25) is 0 Å². The number of hydrogen-bond acceptors (Lipinski definition) is 0. The Kier molecular flexibility index (Phi) is 4.02. The zero-order valence-electron chi connectivity index (χ0n) is 17.9. The molecule has 0 spiro atoms. The Balaban J connectivity index is 1.86.